The highest BCUT2D eigenvalue weighted by Crippen LogP contribution is 2.21. The lowest BCUT2D eigenvalue weighted by Crippen LogP contribution is -2.46. The number of carbonyl (C=O) groups is 1. The molecule has 168 valence electrons. The van der Waals surface area contributed by atoms with Crippen LogP contribution in [0.2, 0.25) is 0 Å². The predicted molar refractivity (Wildman–Crippen MR) is 121 cm³/mol. The molecule has 1 atom stereocenters. The van der Waals surface area contributed by atoms with Crippen molar-refractivity contribution in [1.29, 1.82) is 0 Å². The van der Waals surface area contributed by atoms with E-state index in [0.29, 0.717) is 30.1 Å². The van der Waals surface area contributed by atoms with Crippen LogP contribution in [0.4, 0.5) is 5.82 Å². The Morgan fingerprint density at radius 3 is 2.81 bits per heavy atom. The van der Waals surface area contributed by atoms with Crippen LogP contribution in [0.1, 0.15) is 19.3 Å². The van der Waals surface area contributed by atoms with Gasteiger partial charge in [-0.1, -0.05) is 0 Å². The van der Waals surface area contributed by atoms with Gasteiger partial charge in [0.05, 0.1) is 5.92 Å². The molecule has 2 aromatic heterocycles. The van der Waals surface area contributed by atoms with Crippen molar-refractivity contribution < 1.29 is 4.79 Å². The zero-order valence-electron chi connectivity index (χ0n) is 18.6. The molecule has 0 bridgehead atoms. The van der Waals surface area contributed by atoms with Crippen LogP contribution in [0.15, 0.2) is 23.1 Å². The third kappa shape index (κ3) is 5.04. The minimum atomic E-state index is -0.167. The van der Waals surface area contributed by atoms with Crippen molar-refractivity contribution in [1.82, 2.24) is 29.7 Å². The molecule has 9 heteroatoms. The molecule has 4 heterocycles. The lowest BCUT2D eigenvalue weighted by molar-refractivity contribution is -0.125. The third-order valence-corrected chi connectivity index (χ3v) is 6.44. The van der Waals surface area contributed by atoms with Crippen LogP contribution in [0.5, 0.6) is 0 Å². The first-order chi connectivity index (χ1) is 15.0. The Kier molecular flexibility index (Phi) is 6.82. The Labute approximate surface area is 183 Å². The van der Waals surface area contributed by atoms with Crippen molar-refractivity contribution in [2.45, 2.75) is 19.3 Å². The van der Waals surface area contributed by atoms with Crippen molar-refractivity contribution in [3.63, 3.8) is 0 Å². The average molecular weight is 428 g/mol. The van der Waals surface area contributed by atoms with E-state index in [1.54, 1.807) is 17.8 Å². The number of carbonyl (C=O) groups excluding carboxylic acids is 1. The summed E-state index contributed by atoms with van der Waals surface area (Å²) in [6.07, 6.45) is 4.34. The Morgan fingerprint density at radius 2 is 2.00 bits per heavy atom. The Balaban J connectivity index is 1.32. The summed E-state index contributed by atoms with van der Waals surface area (Å²) in [5.74, 6) is 0.381. The third-order valence-electron chi connectivity index (χ3n) is 6.44. The van der Waals surface area contributed by atoms with Crippen LogP contribution in [0.3, 0.4) is 0 Å². The molecule has 9 nitrogen and oxygen atoms in total. The standard InChI is InChI=1S/C22H33N7O2/c1-26-12-14-28(15-13-26)10-5-9-24-21(30)17-6-4-11-29(16-17)20-22(31)27(2)19-18(25-20)7-3-8-23-19/h3,7-8,17H,4-6,9-16H2,1-2H3,(H,24,30). The number of nitrogens with one attached hydrogen (secondary N) is 1. The summed E-state index contributed by atoms with van der Waals surface area (Å²) in [7, 11) is 3.88. The summed E-state index contributed by atoms with van der Waals surface area (Å²) in [6, 6.07) is 3.68. The van der Waals surface area contributed by atoms with Crippen molar-refractivity contribution in [2.75, 3.05) is 64.3 Å². The lowest BCUT2D eigenvalue weighted by atomic mass is 9.97. The van der Waals surface area contributed by atoms with Crippen LogP contribution in [0.25, 0.3) is 11.2 Å². The number of amides is 1. The number of rotatable bonds is 6. The minimum absolute atomic E-state index is 0.0855. The summed E-state index contributed by atoms with van der Waals surface area (Å²) >= 11 is 0. The second kappa shape index (κ2) is 9.74. The number of piperidine rings is 1. The molecule has 2 aliphatic rings. The molecular formula is C22H33N7O2. The second-order valence-electron chi connectivity index (χ2n) is 8.72. The summed E-state index contributed by atoms with van der Waals surface area (Å²) in [5, 5.41) is 3.11. The number of hydrogen-bond donors (Lipinski definition) is 1. The molecule has 31 heavy (non-hydrogen) atoms. The zero-order chi connectivity index (χ0) is 21.8. The molecule has 2 aliphatic heterocycles. The zero-order valence-corrected chi connectivity index (χ0v) is 18.6. The smallest absolute Gasteiger partial charge is 0.294 e. The number of hydrogen-bond acceptors (Lipinski definition) is 7. The molecule has 0 aliphatic carbocycles. The first-order valence-electron chi connectivity index (χ1n) is 11.3. The largest absolute Gasteiger partial charge is 0.356 e. The summed E-state index contributed by atoms with van der Waals surface area (Å²) < 4.78 is 1.54. The van der Waals surface area contributed by atoms with Gasteiger partial charge in [0.2, 0.25) is 5.91 Å². The maximum atomic E-state index is 12.9. The maximum absolute atomic E-state index is 12.9. The number of anilines is 1. The SMILES string of the molecule is CN1CCN(CCCNC(=O)C2CCCN(c3nc4cccnc4n(C)c3=O)C2)CC1. The fourth-order valence-electron chi connectivity index (χ4n) is 4.46. The van der Waals surface area contributed by atoms with E-state index in [1.807, 2.05) is 17.0 Å². The highest BCUT2D eigenvalue weighted by Gasteiger charge is 2.28. The van der Waals surface area contributed by atoms with E-state index < -0.39 is 0 Å². The first kappa shape index (κ1) is 21.7. The number of aromatic nitrogens is 3. The highest BCUT2D eigenvalue weighted by molar-refractivity contribution is 5.79. The molecule has 1 N–H and O–H groups in total. The molecule has 1 unspecified atom stereocenters. The maximum Gasteiger partial charge on any atom is 0.294 e. The quantitative estimate of drug-likeness (QED) is 0.664. The first-order valence-corrected chi connectivity index (χ1v) is 11.3. The minimum Gasteiger partial charge on any atom is -0.356 e. The van der Waals surface area contributed by atoms with Gasteiger partial charge in [-0.25, -0.2) is 9.97 Å². The van der Waals surface area contributed by atoms with Crippen LogP contribution in [0, 0.1) is 5.92 Å². The van der Waals surface area contributed by atoms with E-state index >= 15 is 0 Å². The molecule has 0 saturated carbocycles. The van der Waals surface area contributed by atoms with E-state index in [-0.39, 0.29) is 17.4 Å². The number of piperazine rings is 1. The second-order valence-corrected chi connectivity index (χ2v) is 8.72. The van der Waals surface area contributed by atoms with Crippen LogP contribution in [-0.4, -0.2) is 89.6 Å². The number of likely N-dealkylation sites (N-methyl/N-ethyl adjacent to an activating group) is 1. The normalized spacial score (nSPS) is 20.8. The summed E-state index contributed by atoms with van der Waals surface area (Å²) in [4.78, 5) is 41.2. The van der Waals surface area contributed by atoms with Gasteiger partial charge in [-0.05, 0) is 45.0 Å². The van der Waals surface area contributed by atoms with E-state index in [9.17, 15) is 9.59 Å². The van der Waals surface area contributed by atoms with Gasteiger partial charge < -0.3 is 20.0 Å². The lowest BCUT2D eigenvalue weighted by Gasteiger charge is -2.33. The van der Waals surface area contributed by atoms with Gasteiger partial charge in [-0.15, -0.1) is 0 Å². The Bertz CT molecular complexity index is 968. The average Bonchev–Trinajstić information content (AvgIpc) is 2.80. The molecule has 0 aromatic carbocycles. The van der Waals surface area contributed by atoms with E-state index in [2.05, 4.69) is 32.1 Å². The molecule has 1 amide bonds. The number of pyridine rings is 1. The van der Waals surface area contributed by atoms with E-state index in [4.69, 9.17) is 0 Å². The molecule has 2 saturated heterocycles. The number of fused-ring (bicyclic) bond motifs is 1. The molecule has 0 spiro atoms. The van der Waals surface area contributed by atoms with Gasteiger partial charge >= 0.3 is 0 Å². The fourth-order valence-corrected chi connectivity index (χ4v) is 4.46. The van der Waals surface area contributed by atoms with Crippen LogP contribution < -0.4 is 15.8 Å². The van der Waals surface area contributed by atoms with Gasteiger partial charge in [-0.3, -0.25) is 14.2 Å². The van der Waals surface area contributed by atoms with Crippen LogP contribution >= 0.6 is 0 Å². The fraction of sp³-hybridized carbons (Fsp3) is 0.636. The Hall–Kier alpha value is -2.52. The predicted octanol–water partition coefficient (Wildman–Crippen LogP) is 0.299. The van der Waals surface area contributed by atoms with Gasteiger partial charge in [0, 0.05) is 59.1 Å². The van der Waals surface area contributed by atoms with Gasteiger partial charge in [0.15, 0.2) is 11.5 Å². The van der Waals surface area contributed by atoms with Crippen LogP contribution in [-0.2, 0) is 11.8 Å². The molecule has 2 fully saturated rings. The van der Waals surface area contributed by atoms with Crippen molar-refractivity contribution >= 4 is 22.9 Å². The summed E-state index contributed by atoms with van der Waals surface area (Å²) in [5.41, 5.74) is 1.09. The van der Waals surface area contributed by atoms with E-state index in [1.165, 1.54) is 0 Å². The monoisotopic (exact) mass is 427 g/mol. The van der Waals surface area contributed by atoms with Crippen molar-refractivity contribution in [3.05, 3.63) is 28.7 Å². The van der Waals surface area contributed by atoms with Gasteiger partial charge in [0.1, 0.15) is 5.52 Å². The molecule has 0 radical (unpaired) electrons. The van der Waals surface area contributed by atoms with Crippen molar-refractivity contribution in [2.24, 2.45) is 13.0 Å². The molecular weight excluding hydrogens is 394 g/mol. The number of nitrogens with zero attached hydrogens (tertiary/aromatic N) is 6. The van der Waals surface area contributed by atoms with E-state index in [0.717, 1.165) is 58.5 Å². The Morgan fingerprint density at radius 1 is 1.19 bits per heavy atom. The summed E-state index contributed by atoms with van der Waals surface area (Å²) in [6.45, 7) is 7.42. The van der Waals surface area contributed by atoms with Crippen molar-refractivity contribution in [3.8, 4) is 0 Å². The number of aryl methyl sites for hydroxylation is 1. The van der Waals surface area contributed by atoms with Gasteiger partial charge in [0.25, 0.3) is 5.56 Å². The topological polar surface area (TPSA) is 86.6 Å². The molecule has 4 rings (SSSR count). The highest BCUT2D eigenvalue weighted by atomic mass is 16.2. The van der Waals surface area contributed by atoms with Gasteiger partial charge in [-0.2, -0.15) is 0 Å². The molecule has 2 aromatic rings.